The maximum absolute atomic E-state index is 16.7. The first kappa shape index (κ1) is 17.8. The van der Waals surface area contributed by atoms with Crippen molar-refractivity contribution >= 4 is 11.6 Å². The Morgan fingerprint density at radius 1 is 1.35 bits per heavy atom. The smallest absolute Gasteiger partial charge is 0.184 e. The van der Waals surface area contributed by atoms with Crippen molar-refractivity contribution in [1.82, 2.24) is 0 Å². The molecule has 0 aromatic rings. The van der Waals surface area contributed by atoms with E-state index < -0.39 is 35.1 Å². The highest BCUT2D eigenvalue weighted by Crippen LogP contribution is 2.67. The molecule has 0 heterocycles. The van der Waals surface area contributed by atoms with Crippen molar-refractivity contribution in [2.24, 2.45) is 22.7 Å². The second-order valence-electron chi connectivity index (χ2n) is 8.70. The average Bonchev–Trinajstić information content (AvgIpc) is 2.93. The molecule has 4 aliphatic carbocycles. The van der Waals surface area contributed by atoms with Crippen LogP contribution in [-0.4, -0.2) is 40.2 Å². The van der Waals surface area contributed by atoms with E-state index in [1.165, 1.54) is 12.2 Å². The number of carbonyl (C=O) groups is 2. The molecule has 0 aromatic heterocycles. The third-order valence-corrected chi connectivity index (χ3v) is 7.67. The molecule has 0 spiro atoms. The van der Waals surface area contributed by atoms with Crippen LogP contribution < -0.4 is 0 Å². The fourth-order valence-electron chi connectivity index (χ4n) is 6.30. The highest BCUT2D eigenvalue weighted by molar-refractivity contribution is 6.01. The predicted molar refractivity (Wildman–Crippen MR) is 93.9 cm³/mol. The number of Topliss-reactive ketones (excluding diaryl/α,β-unsaturated/α-hetero) is 1. The van der Waals surface area contributed by atoms with Crippen LogP contribution in [0.4, 0.5) is 4.39 Å². The van der Waals surface area contributed by atoms with Gasteiger partial charge in [0.25, 0.3) is 0 Å². The summed E-state index contributed by atoms with van der Waals surface area (Å²) in [5.74, 6) is -0.963. The Kier molecular flexibility index (Phi) is 3.74. The lowest BCUT2D eigenvalue weighted by atomic mass is 9.45. The summed E-state index contributed by atoms with van der Waals surface area (Å²) >= 11 is 0. The van der Waals surface area contributed by atoms with E-state index in [2.05, 4.69) is 0 Å². The molecule has 0 radical (unpaired) electrons. The number of aliphatic hydroxyl groups is 2. The van der Waals surface area contributed by atoms with Gasteiger partial charge >= 0.3 is 0 Å². The second kappa shape index (κ2) is 5.46. The number of hydrogen-bond donors (Lipinski definition) is 2. The van der Waals surface area contributed by atoms with Crippen LogP contribution in [0.1, 0.15) is 39.5 Å². The van der Waals surface area contributed by atoms with Crippen molar-refractivity contribution in [3.05, 3.63) is 35.5 Å². The molecule has 140 valence electrons. The van der Waals surface area contributed by atoms with Crippen molar-refractivity contribution in [2.75, 3.05) is 6.61 Å². The van der Waals surface area contributed by atoms with Crippen molar-refractivity contribution in [3.8, 4) is 0 Å². The van der Waals surface area contributed by atoms with Gasteiger partial charge < -0.3 is 10.2 Å². The van der Waals surface area contributed by atoms with Crippen molar-refractivity contribution in [3.63, 3.8) is 0 Å². The van der Waals surface area contributed by atoms with Gasteiger partial charge in [0.2, 0.25) is 0 Å². The monoisotopic (exact) mass is 360 g/mol. The average molecular weight is 360 g/mol. The van der Waals surface area contributed by atoms with Crippen molar-refractivity contribution in [2.45, 2.75) is 51.3 Å². The maximum atomic E-state index is 16.7. The second-order valence-corrected chi connectivity index (χ2v) is 8.70. The fraction of sp³-hybridized carbons (Fsp3) is 0.619. The summed E-state index contributed by atoms with van der Waals surface area (Å²) in [5.41, 5.74) is -2.21. The van der Waals surface area contributed by atoms with E-state index in [1.54, 1.807) is 13.0 Å². The fourth-order valence-corrected chi connectivity index (χ4v) is 6.30. The summed E-state index contributed by atoms with van der Waals surface area (Å²) in [4.78, 5) is 24.0. The summed E-state index contributed by atoms with van der Waals surface area (Å²) in [6, 6.07) is 0. The molecule has 0 amide bonds. The molecule has 0 bridgehead atoms. The Bertz CT molecular complexity index is 781. The normalized spacial score (nSPS) is 46.8. The van der Waals surface area contributed by atoms with Crippen LogP contribution in [0.25, 0.3) is 0 Å². The minimum absolute atomic E-state index is 0.0918. The largest absolute Gasteiger partial charge is 0.390 e. The quantitative estimate of drug-likeness (QED) is 0.793. The first-order valence-electron chi connectivity index (χ1n) is 9.34. The Hall–Kier alpha value is -1.59. The van der Waals surface area contributed by atoms with Gasteiger partial charge in [-0.15, -0.1) is 0 Å². The first-order valence-corrected chi connectivity index (χ1v) is 9.34. The number of hydrogen-bond acceptors (Lipinski definition) is 4. The number of ketones is 2. The molecular weight excluding hydrogens is 335 g/mol. The van der Waals surface area contributed by atoms with Crippen LogP contribution in [0.2, 0.25) is 0 Å². The van der Waals surface area contributed by atoms with Gasteiger partial charge in [-0.3, -0.25) is 9.59 Å². The number of alkyl halides is 1. The van der Waals surface area contributed by atoms with E-state index in [0.29, 0.717) is 24.8 Å². The van der Waals surface area contributed by atoms with E-state index in [0.717, 1.165) is 5.57 Å². The number of fused-ring (bicyclic) bond motifs is 5. The van der Waals surface area contributed by atoms with Gasteiger partial charge in [-0.25, -0.2) is 4.39 Å². The topological polar surface area (TPSA) is 74.6 Å². The summed E-state index contributed by atoms with van der Waals surface area (Å²) in [6.45, 7) is 3.13. The molecule has 6 unspecified atom stereocenters. The molecule has 4 aliphatic rings. The molecule has 0 aliphatic heterocycles. The molecule has 2 N–H and O–H groups in total. The molecule has 5 heteroatoms. The molecule has 0 saturated heterocycles. The molecule has 6 atom stereocenters. The summed E-state index contributed by atoms with van der Waals surface area (Å²) in [7, 11) is 0. The molecular formula is C21H25FO4. The summed E-state index contributed by atoms with van der Waals surface area (Å²) in [5, 5.41) is 20.3. The molecule has 0 aromatic carbocycles. The van der Waals surface area contributed by atoms with Crippen LogP contribution >= 0.6 is 0 Å². The number of aliphatic hydroxyl groups excluding tert-OH is 2. The van der Waals surface area contributed by atoms with Gasteiger partial charge in [0, 0.05) is 16.7 Å². The van der Waals surface area contributed by atoms with Gasteiger partial charge in [0.1, 0.15) is 6.61 Å². The third kappa shape index (κ3) is 1.96. The van der Waals surface area contributed by atoms with E-state index in [9.17, 15) is 19.8 Å². The van der Waals surface area contributed by atoms with Gasteiger partial charge in [-0.2, -0.15) is 0 Å². The zero-order chi connectivity index (χ0) is 18.9. The van der Waals surface area contributed by atoms with Gasteiger partial charge in [-0.05, 0) is 56.3 Å². The van der Waals surface area contributed by atoms with Crippen LogP contribution in [0, 0.1) is 22.7 Å². The molecule has 4 nitrogen and oxygen atoms in total. The van der Waals surface area contributed by atoms with Crippen molar-refractivity contribution < 1.29 is 24.2 Å². The van der Waals surface area contributed by atoms with Crippen LogP contribution in [0.5, 0.6) is 0 Å². The molecule has 26 heavy (non-hydrogen) atoms. The zero-order valence-corrected chi connectivity index (χ0v) is 15.2. The van der Waals surface area contributed by atoms with Crippen LogP contribution in [0.15, 0.2) is 35.5 Å². The number of rotatable bonds is 2. The Morgan fingerprint density at radius 2 is 2.08 bits per heavy atom. The third-order valence-electron chi connectivity index (χ3n) is 7.67. The number of carbonyl (C=O) groups excluding carboxylic acids is 2. The molecule has 4 rings (SSSR count). The lowest BCUT2D eigenvalue weighted by Crippen LogP contribution is -2.66. The Balaban J connectivity index is 1.79. The minimum Gasteiger partial charge on any atom is -0.390 e. The summed E-state index contributed by atoms with van der Waals surface area (Å²) in [6.07, 6.45) is 7.03. The lowest BCUT2D eigenvalue weighted by Gasteiger charge is -2.61. The maximum Gasteiger partial charge on any atom is 0.184 e. The lowest BCUT2D eigenvalue weighted by molar-refractivity contribution is -0.185. The van der Waals surface area contributed by atoms with E-state index >= 15 is 4.39 Å². The number of halogens is 1. The molecule has 2 fully saturated rings. The highest BCUT2D eigenvalue weighted by atomic mass is 19.1. The van der Waals surface area contributed by atoms with Gasteiger partial charge in [0.15, 0.2) is 17.2 Å². The van der Waals surface area contributed by atoms with E-state index in [1.807, 2.05) is 13.0 Å². The minimum atomic E-state index is -1.87. The molecule has 2 saturated carbocycles. The van der Waals surface area contributed by atoms with E-state index in [-0.39, 0.29) is 23.9 Å². The zero-order valence-electron chi connectivity index (χ0n) is 15.2. The standard InChI is InChI=1S/C21H25FO4/c1-19-10-18(26)21(22)15(14(19)5-6-16(19)17(25)11-23)4-3-12-9-13(24)7-8-20(12,21)2/h6-9,14-15,18,23,26H,3-5,10-11H2,1-2H3. The Labute approximate surface area is 152 Å². The predicted octanol–water partition coefficient (Wildman–Crippen LogP) is 2.45. The van der Waals surface area contributed by atoms with E-state index in [4.69, 9.17) is 0 Å². The first-order chi connectivity index (χ1) is 12.2. The van der Waals surface area contributed by atoms with Crippen LogP contribution in [-0.2, 0) is 9.59 Å². The Morgan fingerprint density at radius 3 is 2.77 bits per heavy atom. The van der Waals surface area contributed by atoms with Gasteiger partial charge in [0.05, 0.1) is 6.10 Å². The van der Waals surface area contributed by atoms with Crippen molar-refractivity contribution in [1.29, 1.82) is 0 Å². The highest BCUT2D eigenvalue weighted by Gasteiger charge is 2.69. The summed E-state index contributed by atoms with van der Waals surface area (Å²) < 4.78 is 16.7. The SMILES string of the molecule is CC12CC(O)C3(F)C(CCC4=CC(=O)C=CC43C)C1CC=C2C(=O)CO. The van der Waals surface area contributed by atoms with Crippen LogP contribution in [0.3, 0.4) is 0 Å². The number of allylic oxidation sites excluding steroid dienone is 5. The van der Waals surface area contributed by atoms with Gasteiger partial charge in [-0.1, -0.05) is 24.6 Å².